The van der Waals surface area contributed by atoms with Crippen molar-refractivity contribution in [1.82, 2.24) is 5.32 Å². The van der Waals surface area contributed by atoms with Gasteiger partial charge in [0.2, 0.25) is 0 Å². The molecule has 0 amide bonds. The molecule has 1 atom stereocenters. The lowest BCUT2D eigenvalue weighted by Crippen LogP contribution is -2.12. The lowest BCUT2D eigenvalue weighted by Gasteiger charge is -2.22. The largest absolute Gasteiger partial charge is 0.378 e. The fourth-order valence-electron chi connectivity index (χ4n) is 4.32. The van der Waals surface area contributed by atoms with Crippen molar-refractivity contribution in [3.05, 3.63) is 63.7 Å². The van der Waals surface area contributed by atoms with E-state index < -0.39 is 0 Å². The number of hydrogen-bond acceptors (Lipinski definition) is 2. The van der Waals surface area contributed by atoms with Gasteiger partial charge in [0.1, 0.15) is 0 Å². The zero-order valence-corrected chi connectivity index (χ0v) is 15.2. The maximum absolute atomic E-state index is 3.81. The first kappa shape index (κ1) is 15.7. The number of fused-ring (bicyclic) bond motifs is 2. The summed E-state index contributed by atoms with van der Waals surface area (Å²) in [6, 6.07) is 12.1. The van der Waals surface area contributed by atoms with Crippen molar-refractivity contribution in [3.63, 3.8) is 0 Å². The van der Waals surface area contributed by atoms with Crippen LogP contribution in [0, 0.1) is 0 Å². The zero-order valence-electron chi connectivity index (χ0n) is 15.2. The molecule has 0 aliphatic carbocycles. The van der Waals surface area contributed by atoms with Gasteiger partial charge in [0.05, 0.1) is 6.04 Å². The van der Waals surface area contributed by atoms with E-state index in [0.717, 1.165) is 19.5 Å². The van der Waals surface area contributed by atoms with E-state index in [0.29, 0.717) is 17.9 Å². The highest BCUT2D eigenvalue weighted by Crippen LogP contribution is 2.40. The molecule has 2 nitrogen and oxygen atoms in total. The Balaban J connectivity index is 1.71. The second-order valence-electron chi connectivity index (χ2n) is 7.94. The molecule has 2 heteroatoms. The summed E-state index contributed by atoms with van der Waals surface area (Å²) in [5, 5.41) is 7.33. The molecule has 1 unspecified atom stereocenters. The van der Waals surface area contributed by atoms with Crippen LogP contribution in [0.15, 0.2) is 30.3 Å². The predicted molar refractivity (Wildman–Crippen MR) is 102 cm³/mol. The lowest BCUT2D eigenvalue weighted by molar-refractivity contribution is 0.739. The van der Waals surface area contributed by atoms with Gasteiger partial charge < -0.3 is 10.6 Å². The normalized spacial score (nSPS) is 18.8. The third-order valence-electron chi connectivity index (χ3n) is 5.61. The fourth-order valence-corrected chi connectivity index (χ4v) is 4.32. The maximum atomic E-state index is 3.81. The van der Waals surface area contributed by atoms with Crippen molar-refractivity contribution in [2.24, 2.45) is 0 Å². The average molecular weight is 320 g/mol. The summed E-state index contributed by atoms with van der Waals surface area (Å²) < 4.78 is 0. The van der Waals surface area contributed by atoms with Gasteiger partial charge in [-0.1, -0.05) is 52.0 Å². The fraction of sp³-hybridized carbons (Fsp3) is 0.455. The molecule has 0 radical (unpaired) electrons. The van der Waals surface area contributed by atoms with Crippen LogP contribution in [0.2, 0.25) is 0 Å². The molecular formula is C22H28N2. The van der Waals surface area contributed by atoms with E-state index in [2.05, 4.69) is 68.7 Å². The summed E-state index contributed by atoms with van der Waals surface area (Å²) in [5.74, 6) is 1.14. The summed E-state index contributed by atoms with van der Waals surface area (Å²) in [7, 11) is 0. The van der Waals surface area contributed by atoms with Crippen LogP contribution in [0.3, 0.4) is 0 Å². The highest BCUT2D eigenvalue weighted by atomic mass is 15.0. The molecule has 126 valence electrons. The van der Waals surface area contributed by atoms with Crippen LogP contribution in [0.5, 0.6) is 0 Å². The molecule has 4 rings (SSSR count). The number of rotatable bonds is 3. The summed E-state index contributed by atoms with van der Waals surface area (Å²) in [4.78, 5) is 0. The van der Waals surface area contributed by atoms with Crippen molar-refractivity contribution in [2.75, 3.05) is 5.32 Å². The Bertz CT molecular complexity index is 774. The number of hydrogen-bond donors (Lipinski definition) is 2. The van der Waals surface area contributed by atoms with E-state index in [4.69, 9.17) is 0 Å². The third-order valence-corrected chi connectivity index (χ3v) is 5.61. The molecule has 2 aliphatic rings. The Kier molecular flexibility index (Phi) is 3.88. The smallest absolute Gasteiger partial charge is 0.0557 e. The molecule has 2 N–H and O–H groups in total. The van der Waals surface area contributed by atoms with Crippen molar-refractivity contribution >= 4 is 5.69 Å². The van der Waals surface area contributed by atoms with Crippen molar-refractivity contribution < 1.29 is 0 Å². The second kappa shape index (κ2) is 5.93. The molecule has 2 aliphatic heterocycles. The number of nitrogens with one attached hydrogen (secondary N) is 2. The Hall–Kier alpha value is -1.80. The first-order valence-electron chi connectivity index (χ1n) is 9.29. The van der Waals surface area contributed by atoms with Gasteiger partial charge in [-0.25, -0.2) is 0 Å². The summed E-state index contributed by atoms with van der Waals surface area (Å²) >= 11 is 0. The van der Waals surface area contributed by atoms with Crippen molar-refractivity contribution in [2.45, 2.75) is 65.1 Å². The third kappa shape index (κ3) is 2.53. The standard InChI is InChI=1S/C22H28N2/c1-13(2)15-5-6-16-10-21(24-20(16)9-15)18-8-7-17-11-23-12-19(17)22(18)14(3)4/h5-9,13-14,21,23-24H,10-12H2,1-4H3. The van der Waals surface area contributed by atoms with Crippen LogP contribution in [-0.2, 0) is 19.5 Å². The van der Waals surface area contributed by atoms with Crippen LogP contribution in [-0.4, -0.2) is 0 Å². The van der Waals surface area contributed by atoms with Crippen LogP contribution < -0.4 is 10.6 Å². The average Bonchev–Trinajstić information content (AvgIpc) is 3.18. The minimum Gasteiger partial charge on any atom is -0.378 e. The van der Waals surface area contributed by atoms with E-state index in [1.165, 1.54) is 27.9 Å². The van der Waals surface area contributed by atoms with Crippen LogP contribution in [0.1, 0.15) is 79.0 Å². The van der Waals surface area contributed by atoms with Gasteiger partial charge in [-0.15, -0.1) is 0 Å². The lowest BCUT2D eigenvalue weighted by atomic mass is 9.86. The zero-order chi connectivity index (χ0) is 16.8. The molecule has 0 fully saturated rings. The highest BCUT2D eigenvalue weighted by molar-refractivity contribution is 5.61. The molecule has 0 bridgehead atoms. The molecule has 0 saturated carbocycles. The summed E-state index contributed by atoms with van der Waals surface area (Å²) in [6.45, 7) is 11.2. The maximum Gasteiger partial charge on any atom is 0.0557 e. The molecule has 2 aromatic carbocycles. The molecule has 2 heterocycles. The molecule has 0 spiro atoms. The van der Waals surface area contributed by atoms with Gasteiger partial charge in [0.15, 0.2) is 0 Å². The molecule has 0 saturated heterocycles. The van der Waals surface area contributed by atoms with Gasteiger partial charge in [-0.3, -0.25) is 0 Å². The van der Waals surface area contributed by atoms with Gasteiger partial charge in [-0.2, -0.15) is 0 Å². The monoisotopic (exact) mass is 320 g/mol. The van der Waals surface area contributed by atoms with Gasteiger partial charge in [0.25, 0.3) is 0 Å². The first-order chi connectivity index (χ1) is 11.5. The number of benzene rings is 2. The topological polar surface area (TPSA) is 24.1 Å². The van der Waals surface area contributed by atoms with E-state index in [9.17, 15) is 0 Å². The molecule has 24 heavy (non-hydrogen) atoms. The first-order valence-corrected chi connectivity index (χ1v) is 9.29. The Morgan fingerprint density at radius 2 is 1.71 bits per heavy atom. The second-order valence-corrected chi connectivity index (χ2v) is 7.94. The summed E-state index contributed by atoms with van der Waals surface area (Å²) in [5.41, 5.74) is 10.3. The molecule has 2 aromatic rings. The Morgan fingerprint density at radius 1 is 0.917 bits per heavy atom. The van der Waals surface area contributed by atoms with Crippen molar-refractivity contribution in [1.29, 1.82) is 0 Å². The van der Waals surface area contributed by atoms with E-state index in [1.54, 1.807) is 11.1 Å². The van der Waals surface area contributed by atoms with Crippen LogP contribution >= 0.6 is 0 Å². The van der Waals surface area contributed by atoms with E-state index >= 15 is 0 Å². The molecule has 0 aromatic heterocycles. The van der Waals surface area contributed by atoms with Crippen LogP contribution in [0.25, 0.3) is 0 Å². The quantitative estimate of drug-likeness (QED) is 0.807. The highest BCUT2D eigenvalue weighted by Gasteiger charge is 2.28. The molecular weight excluding hydrogens is 292 g/mol. The Morgan fingerprint density at radius 3 is 2.46 bits per heavy atom. The van der Waals surface area contributed by atoms with Gasteiger partial charge in [0, 0.05) is 18.8 Å². The van der Waals surface area contributed by atoms with E-state index in [1.807, 2.05) is 0 Å². The van der Waals surface area contributed by atoms with Crippen molar-refractivity contribution in [3.8, 4) is 0 Å². The summed E-state index contributed by atoms with van der Waals surface area (Å²) in [6.07, 6.45) is 1.10. The minimum absolute atomic E-state index is 0.408. The minimum atomic E-state index is 0.408. The number of anilines is 1. The van der Waals surface area contributed by atoms with Gasteiger partial charge >= 0.3 is 0 Å². The SMILES string of the molecule is CC(C)c1ccc2c(c1)NC(c1ccc3c(c1C(C)C)CNC3)C2. The Labute approximate surface area is 145 Å². The van der Waals surface area contributed by atoms with Crippen LogP contribution in [0.4, 0.5) is 5.69 Å². The van der Waals surface area contributed by atoms with E-state index in [-0.39, 0.29) is 0 Å². The van der Waals surface area contributed by atoms with Gasteiger partial charge in [-0.05, 0) is 57.7 Å². The predicted octanol–water partition coefficient (Wildman–Crippen LogP) is 5.25.